The van der Waals surface area contributed by atoms with Gasteiger partial charge >= 0.3 is 6.09 Å². The van der Waals surface area contributed by atoms with Gasteiger partial charge < -0.3 is 15.0 Å². The van der Waals surface area contributed by atoms with Crippen LogP contribution in [0.5, 0.6) is 0 Å². The molecule has 0 atom stereocenters. The summed E-state index contributed by atoms with van der Waals surface area (Å²) >= 11 is 0. The van der Waals surface area contributed by atoms with E-state index in [1.807, 2.05) is 18.7 Å². The van der Waals surface area contributed by atoms with E-state index in [2.05, 4.69) is 5.32 Å². The molecule has 1 saturated heterocycles. The Kier molecular flexibility index (Phi) is 6.71. The maximum Gasteiger partial charge on any atom is 0.409 e. The van der Waals surface area contributed by atoms with Gasteiger partial charge in [0.2, 0.25) is 5.91 Å². The molecule has 2 aliphatic rings. The fourth-order valence-corrected chi connectivity index (χ4v) is 3.48. The molecular weight excluding hydrogens is 388 g/mol. The Morgan fingerprint density at radius 2 is 1.80 bits per heavy atom. The van der Waals surface area contributed by atoms with Crippen molar-refractivity contribution in [3.8, 4) is 0 Å². The van der Waals surface area contributed by atoms with Crippen LogP contribution in [-0.2, 0) is 9.53 Å². The van der Waals surface area contributed by atoms with Crippen molar-refractivity contribution in [2.45, 2.75) is 20.3 Å². The highest BCUT2D eigenvalue weighted by Gasteiger charge is 2.32. The summed E-state index contributed by atoms with van der Waals surface area (Å²) in [5.74, 6) is -0.637. The van der Waals surface area contributed by atoms with Crippen molar-refractivity contribution in [2.75, 3.05) is 51.7 Å². The van der Waals surface area contributed by atoms with Crippen LogP contribution in [0.15, 0.2) is 18.2 Å². The van der Waals surface area contributed by atoms with Crippen LogP contribution in [0.1, 0.15) is 41.0 Å². The number of carbonyl (C=O) groups is 4. The van der Waals surface area contributed by atoms with Crippen LogP contribution in [0.25, 0.3) is 0 Å². The minimum Gasteiger partial charge on any atom is -0.449 e. The molecule has 2 aliphatic heterocycles. The van der Waals surface area contributed by atoms with Crippen LogP contribution in [0.4, 0.5) is 10.5 Å². The van der Waals surface area contributed by atoms with Gasteiger partial charge in [-0.25, -0.2) is 4.79 Å². The fraction of sp³-hybridized carbons (Fsp3) is 0.524. The number of hydrogen-bond donors (Lipinski definition) is 1. The fourth-order valence-electron chi connectivity index (χ4n) is 3.48. The molecule has 30 heavy (non-hydrogen) atoms. The molecule has 0 radical (unpaired) electrons. The van der Waals surface area contributed by atoms with E-state index >= 15 is 0 Å². The number of nitrogens with one attached hydrogen (secondary N) is 1. The number of carbonyl (C=O) groups excluding carboxylic acids is 4. The number of fused-ring (bicyclic) bond motifs is 1. The number of rotatable bonds is 5. The van der Waals surface area contributed by atoms with Crippen molar-refractivity contribution in [3.05, 3.63) is 29.3 Å². The number of ether oxygens (including phenoxy) is 1. The number of hydrogen-bond acceptors (Lipinski definition) is 6. The summed E-state index contributed by atoms with van der Waals surface area (Å²) in [6.45, 7) is 6.93. The van der Waals surface area contributed by atoms with Crippen LogP contribution in [-0.4, -0.2) is 84.9 Å². The molecule has 0 bridgehead atoms. The van der Waals surface area contributed by atoms with Crippen LogP contribution in [0, 0.1) is 5.92 Å². The molecule has 0 aromatic heterocycles. The molecule has 0 saturated carbocycles. The summed E-state index contributed by atoms with van der Waals surface area (Å²) in [6, 6.07) is 4.71. The third-order valence-corrected chi connectivity index (χ3v) is 5.13. The van der Waals surface area contributed by atoms with Gasteiger partial charge in [-0.05, 0) is 30.5 Å². The lowest BCUT2D eigenvalue weighted by atomic mass is 10.1. The topological polar surface area (TPSA) is 99.3 Å². The Morgan fingerprint density at radius 3 is 2.53 bits per heavy atom. The van der Waals surface area contributed by atoms with Gasteiger partial charge in [-0.1, -0.05) is 13.8 Å². The highest BCUT2D eigenvalue weighted by atomic mass is 16.6. The molecule has 2 heterocycles. The summed E-state index contributed by atoms with van der Waals surface area (Å²) in [5, 5.41) is 2.79. The number of nitrogens with zero attached hydrogens (tertiary/aromatic N) is 3. The van der Waals surface area contributed by atoms with Crippen molar-refractivity contribution in [1.29, 1.82) is 0 Å². The molecule has 1 N–H and O–H groups in total. The normalized spacial score (nSPS) is 17.2. The standard InChI is InChI=1S/C21H28N4O5/c1-14(2)13-30-21(29)25-8-4-7-24(9-10-25)12-18(26)22-15-5-6-16-17(11-15)20(28)23(3)19(16)27/h5-6,11,14H,4,7-10,12-13H2,1-3H3,(H,22,26). The first kappa shape index (κ1) is 21.8. The Balaban J connectivity index is 1.52. The molecule has 1 aromatic carbocycles. The van der Waals surface area contributed by atoms with Crippen LogP contribution in [0.3, 0.4) is 0 Å². The summed E-state index contributed by atoms with van der Waals surface area (Å²) in [4.78, 5) is 53.4. The summed E-state index contributed by atoms with van der Waals surface area (Å²) in [5.41, 5.74) is 1.12. The van der Waals surface area contributed by atoms with Gasteiger partial charge in [0.1, 0.15) is 0 Å². The predicted molar refractivity (Wildman–Crippen MR) is 110 cm³/mol. The van der Waals surface area contributed by atoms with Gasteiger partial charge in [0.15, 0.2) is 0 Å². The molecule has 162 valence electrons. The minimum absolute atomic E-state index is 0.179. The van der Waals surface area contributed by atoms with Crippen molar-refractivity contribution in [1.82, 2.24) is 14.7 Å². The van der Waals surface area contributed by atoms with E-state index in [0.29, 0.717) is 49.6 Å². The predicted octanol–water partition coefficient (Wildman–Crippen LogP) is 1.65. The average molecular weight is 416 g/mol. The van der Waals surface area contributed by atoms with Gasteiger partial charge in [0.05, 0.1) is 24.3 Å². The van der Waals surface area contributed by atoms with Crippen LogP contribution < -0.4 is 5.32 Å². The second kappa shape index (κ2) is 9.25. The van der Waals surface area contributed by atoms with Crippen molar-refractivity contribution >= 4 is 29.5 Å². The zero-order chi connectivity index (χ0) is 21.8. The van der Waals surface area contributed by atoms with Gasteiger partial charge in [-0.3, -0.25) is 24.2 Å². The van der Waals surface area contributed by atoms with Gasteiger partial charge in [-0.2, -0.15) is 0 Å². The van der Waals surface area contributed by atoms with E-state index in [0.717, 1.165) is 11.3 Å². The second-order valence-electron chi connectivity index (χ2n) is 8.07. The largest absolute Gasteiger partial charge is 0.449 e. The third kappa shape index (κ3) is 4.96. The van der Waals surface area contributed by atoms with E-state index in [1.54, 1.807) is 17.0 Å². The van der Waals surface area contributed by atoms with Gasteiger partial charge in [0.25, 0.3) is 11.8 Å². The number of benzene rings is 1. The first-order valence-corrected chi connectivity index (χ1v) is 10.2. The Labute approximate surface area is 175 Å². The lowest BCUT2D eigenvalue weighted by Gasteiger charge is -2.21. The molecule has 9 nitrogen and oxygen atoms in total. The molecule has 0 spiro atoms. The Hall–Kier alpha value is -2.94. The minimum atomic E-state index is -0.372. The quantitative estimate of drug-likeness (QED) is 0.733. The third-order valence-electron chi connectivity index (χ3n) is 5.13. The highest BCUT2D eigenvalue weighted by molar-refractivity contribution is 6.21. The van der Waals surface area contributed by atoms with E-state index in [1.165, 1.54) is 13.1 Å². The lowest BCUT2D eigenvalue weighted by Crippen LogP contribution is -2.38. The monoisotopic (exact) mass is 416 g/mol. The lowest BCUT2D eigenvalue weighted by molar-refractivity contribution is -0.117. The van der Waals surface area contributed by atoms with Gasteiger partial charge in [0, 0.05) is 38.9 Å². The summed E-state index contributed by atoms with van der Waals surface area (Å²) < 4.78 is 5.29. The van der Waals surface area contributed by atoms with Crippen LogP contribution in [0.2, 0.25) is 0 Å². The van der Waals surface area contributed by atoms with E-state index in [9.17, 15) is 19.2 Å². The second-order valence-corrected chi connectivity index (χ2v) is 8.07. The number of anilines is 1. The van der Waals surface area contributed by atoms with E-state index in [4.69, 9.17) is 4.74 Å². The Bertz CT molecular complexity index is 854. The summed E-state index contributed by atoms with van der Waals surface area (Å²) in [6.07, 6.45) is 0.448. The number of amides is 4. The van der Waals surface area contributed by atoms with Crippen molar-refractivity contribution in [3.63, 3.8) is 0 Å². The molecule has 4 amide bonds. The van der Waals surface area contributed by atoms with Crippen molar-refractivity contribution in [2.24, 2.45) is 5.92 Å². The average Bonchev–Trinajstić information content (AvgIpc) is 2.87. The molecule has 0 unspecified atom stereocenters. The van der Waals surface area contributed by atoms with Gasteiger partial charge in [-0.15, -0.1) is 0 Å². The maximum absolute atomic E-state index is 12.5. The van der Waals surface area contributed by atoms with E-state index in [-0.39, 0.29) is 36.3 Å². The molecule has 0 aliphatic carbocycles. The van der Waals surface area contributed by atoms with Crippen LogP contribution >= 0.6 is 0 Å². The SMILES string of the molecule is CC(C)COC(=O)N1CCCN(CC(=O)Nc2ccc3c(c2)C(=O)N(C)C3=O)CC1. The van der Waals surface area contributed by atoms with Crippen molar-refractivity contribution < 1.29 is 23.9 Å². The zero-order valence-corrected chi connectivity index (χ0v) is 17.6. The molecule has 1 fully saturated rings. The molecule has 9 heteroatoms. The molecular formula is C21H28N4O5. The first-order valence-electron chi connectivity index (χ1n) is 10.2. The Morgan fingerprint density at radius 1 is 1.07 bits per heavy atom. The smallest absolute Gasteiger partial charge is 0.409 e. The van der Waals surface area contributed by atoms with E-state index < -0.39 is 0 Å². The zero-order valence-electron chi connectivity index (χ0n) is 17.6. The molecule has 3 rings (SSSR count). The summed E-state index contributed by atoms with van der Waals surface area (Å²) in [7, 11) is 1.43. The highest BCUT2D eigenvalue weighted by Crippen LogP contribution is 2.24. The maximum atomic E-state index is 12.5. The first-order chi connectivity index (χ1) is 14.3. The molecule has 1 aromatic rings. The number of imide groups is 1.